The van der Waals surface area contributed by atoms with Gasteiger partial charge in [-0.3, -0.25) is 4.79 Å². The third-order valence-corrected chi connectivity index (χ3v) is 4.69. The number of rotatable bonds is 4. The van der Waals surface area contributed by atoms with Gasteiger partial charge in [-0.25, -0.2) is 0 Å². The molecular weight excluding hydrogens is 336 g/mol. The number of fused-ring (bicyclic) bond motifs is 3. The molecule has 1 aliphatic rings. The number of methoxy groups -OCH3 is 4. The standard InChI is InChI=1S/C20H22O6/c1-23-16-10-13-12(6-8-15(16)22)18-11(5-7-14(13)21)9-17(24-2)19(25-3)20(18)26-4/h6,8-10,14,21H,5,7H2,1-4H3/t14-/m1/s1. The quantitative estimate of drug-likeness (QED) is 0.906. The van der Waals surface area contributed by atoms with Gasteiger partial charge in [-0.05, 0) is 53.8 Å². The van der Waals surface area contributed by atoms with Crippen molar-refractivity contribution in [2.75, 3.05) is 28.4 Å². The van der Waals surface area contributed by atoms with Crippen molar-refractivity contribution < 1.29 is 24.1 Å². The molecule has 0 aromatic heterocycles. The van der Waals surface area contributed by atoms with Gasteiger partial charge in [-0.2, -0.15) is 0 Å². The predicted octanol–water partition coefficient (Wildman–Crippen LogP) is 2.73. The molecule has 138 valence electrons. The molecule has 6 nitrogen and oxygen atoms in total. The maximum atomic E-state index is 12.2. The summed E-state index contributed by atoms with van der Waals surface area (Å²) in [5.74, 6) is 1.73. The van der Waals surface area contributed by atoms with Crippen LogP contribution in [-0.4, -0.2) is 33.5 Å². The van der Waals surface area contributed by atoms with Crippen LogP contribution in [0.2, 0.25) is 0 Å². The fourth-order valence-electron chi connectivity index (χ4n) is 3.44. The number of hydrogen-bond acceptors (Lipinski definition) is 6. The molecule has 0 aliphatic heterocycles. The van der Waals surface area contributed by atoms with Crippen LogP contribution in [0.1, 0.15) is 23.7 Å². The minimum absolute atomic E-state index is 0.188. The van der Waals surface area contributed by atoms with Crippen molar-refractivity contribution in [1.29, 1.82) is 0 Å². The molecule has 26 heavy (non-hydrogen) atoms. The summed E-state index contributed by atoms with van der Waals surface area (Å²) in [7, 11) is 6.11. The van der Waals surface area contributed by atoms with Crippen molar-refractivity contribution in [3.05, 3.63) is 45.6 Å². The lowest BCUT2D eigenvalue weighted by Crippen LogP contribution is -2.01. The molecule has 1 aliphatic carbocycles. The first kappa shape index (κ1) is 18.1. The second kappa shape index (κ2) is 7.25. The third kappa shape index (κ3) is 2.86. The molecule has 2 aromatic rings. The fraction of sp³-hybridized carbons (Fsp3) is 0.350. The van der Waals surface area contributed by atoms with Gasteiger partial charge in [0.25, 0.3) is 0 Å². The third-order valence-electron chi connectivity index (χ3n) is 4.69. The van der Waals surface area contributed by atoms with Crippen LogP contribution in [0.25, 0.3) is 11.1 Å². The molecule has 0 fully saturated rings. The number of aliphatic hydroxyl groups is 1. The Bertz CT molecular complexity index is 890. The first-order chi connectivity index (χ1) is 12.5. The Labute approximate surface area is 151 Å². The van der Waals surface area contributed by atoms with Crippen LogP contribution >= 0.6 is 0 Å². The first-order valence-electron chi connectivity index (χ1n) is 8.28. The normalized spacial score (nSPS) is 15.3. The van der Waals surface area contributed by atoms with Crippen molar-refractivity contribution in [2.45, 2.75) is 18.9 Å². The zero-order valence-corrected chi connectivity index (χ0v) is 15.3. The van der Waals surface area contributed by atoms with Crippen LogP contribution in [0.3, 0.4) is 0 Å². The monoisotopic (exact) mass is 358 g/mol. The smallest absolute Gasteiger partial charge is 0.220 e. The fourth-order valence-corrected chi connectivity index (χ4v) is 3.44. The lowest BCUT2D eigenvalue weighted by atomic mass is 9.96. The van der Waals surface area contributed by atoms with E-state index in [2.05, 4.69) is 0 Å². The molecular formula is C20H22O6. The Hall–Kier alpha value is -2.73. The van der Waals surface area contributed by atoms with Gasteiger partial charge in [-0.15, -0.1) is 0 Å². The lowest BCUT2D eigenvalue weighted by Gasteiger charge is -2.19. The number of hydrogen-bond donors (Lipinski definition) is 1. The summed E-state index contributed by atoms with van der Waals surface area (Å²) in [6, 6.07) is 6.63. The highest BCUT2D eigenvalue weighted by Crippen LogP contribution is 2.50. The topological polar surface area (TPSA) is 74.2 Å². The van der Waals surface area contributed by atoms with E-state index in [1.165, 1.54) is 13.2 Å². The molecule has 1 atom stereocenters. The molecule has 0 spiro atoms. The Morgan fingerprint density at radius 1 is 0.923 bits per heavy atom. The molecule has 0 saturated heterocycles. The summed E-state index contributed by atoms with van der Waals surface area (Å²) < 4.78 is 21.8. The van der Waals surface area contributed by atoms with Crippen molar-refractivity contribution in [3.63, 3.8) is 0 Å². The molecule has 0 bridgehead atoms. The van der Waals surface area contributed by atoms with E-state index in [0.29, 0.717) is 41.2 Å². The Balaban J connectivity index is 2.44. The number of aliphatic hydroxyl groups excluding tert-OH is 1. The van der Waals surface area contributed by atoms with E-state index >= 15 is 0 Å². The zero-order chi connectivity index (χ0) is 18.8. The predicted molar refractivity (Wildman–Crippen MR) is 97.6 cm³/mol. The molecule has 1 N–H and O–H groups in total. The second-order valence-electron chi connectivity index (χ2n) is 6.01. The van der Waals surface area contributed by atoms with Crippen LogP contribution in [0, 0.1) is 0 Å². The Morgan fingerprint density at radius 3 is 2.23 bits per heavy atom. The second-order valence-corrected chi connectivity index (χ2v) is 6.01. The van der Waals surface area contributed by atoms with Gasteiger partial charge in [-0.1, -0.05) is 0 Å². The zero-order valence-electron chi connectivity index (χ0n) is 15.3. The minimum atomic E-state index is -0.736. The highest BCUT2D eigenvalue weighted by Gasteiger charge is 2.28. The molecule has 0 radical (unpaired) electrons. The van der Waals surface area contributed by atoms with Crippen molar-refractivity contribution in [2.24, 2.45) is 0 Å². The average molecular weight is 358 g/mol. The number of benzene rings is 1. The van der Waals surface area contributed by atoms with E-state index in [1.54, 1.807) is 33.5 Å². The maximum Gasteiger partial charge on any atom is 0.220 e. The van der Waals surface area contributed by atoms with E-state index < -0.39 is 6.10 Å². The average Bonchev–Trinajstić information content (AvgIpc) is 2.90. The summed E-state index contributed by atoms with van der Waals surface area (Å²) in [6.07, 6.45) is 0.387. The summed E-state index contributed by atoms with van der Waals surface area (Å²) in [4.78, 5) is 12.2. The van der Waals surface area contributed by atoms with Crippen LogP contribution in [0.15, 0.2) is 29.1 Å². The van der Waals surface area contributed by atoms with E-state index in [-0.39, 0.29) is 11.2 Å². The number of aryl methyl sites for hydroxylation is 1. The molecule has 0 saturated carbocycles. The molecule has 0 heterocycles. The van der Waals surface area contributed by atoms with Crippen LogP contribution in [-0.2, 0) is 6.42 Å². The SMILES string of the molecule is COc1cc2c(c(OC)c1OC)-c1ccc(=O)c(OC)cc1[C@H](O)CC2. The summed E-state index contributed by atoms with van der Waals surface area (Å²) >= 11 is 0. The molecule has 3 rings (SSSR count). The van der Waals surface area contributed by atoms with Gasteiger partial charge in [0.15, 0.2) is 17.2 Å². The largest absolute Gasteiger partial charge is 0.493 e. The van der Waals surface area contributed by atoms with Gasteiger partial charge in [0.2, 0.25) is 11.2 Å². The van der Waals surface area contributed by atoms with Crippen molar-refractivity contribution >= 4 is 0 Å². The van der Waals surface area contributed by atoms with Gasteiger partial charge in [0.05, 0.1) is 34.5 Å². The highest BCUT2D eigenvalue weighted by molar-refractivity contribution is 5.82. The molecule has 0 unspecified atom stereocenters. The minimum Gasteiger partial charge on any atom is -0.493 e. The Kier molecular flexibility index (Phi) is 5.04. The lowest BCUT2D eigenvalue weighted by molar-refractivity contribution is 0.169. The van der Waals surface area contributed by atoms with E-state index in [1.807, 2.05) is 6.07 Å². The highest BCUT2D eigenvalue weighted by atomic mass is 16.5. The van der Waals surface area contributed by atoms with Gasteiger partial charge < -0.3 is 24.1 Å². The van der Waals surface area contributed by atoms with Gasteiger partial charge in [0, 0.05) is 5.56 Å². The van der Waals surface area contributed by atoms with E-state index in [4.69, 9.17) is 18.9 Å². The molecule has 0 amide bonds. The Morgan fingerprint density at radius 2 is 1.62 bits per heavy atom. The van der Waals surface area contributed by atoms with Crippen LogP contribution < -0.4 is 24.4 Å². The summed E-state index contributed by atoms with van der Waals surface area (Å²) in [6.45, 7) is 0. The summed E-state index contributed by atoms with van der Waals surface area (Å²) in [5.41, 5.74) is 2.81. The van der Waals surface area contributed by atoms with Gasteiger partial charge in [0.1, 0.15) is 0 Å². The number of ether oxygens (including phenoxy) is 4. The van der Waals surface area contributed by atoms with E-state index in [9.17, 15) is 9.90 Å². The first-order valence-corrected chi connectivity index (χ1v) is 8.28. The molecule has 2 aromatic carbocycles. The van der Waals surface area contributed by atoms with Gasteiger partial charge >= 0.3 is 0 Å². The van der Waals surface area contributed by atoms with Crippen LogP contribution in [0.5, 0.6) is 23.0 Å². The van der Waals surface area contributed by atoms with Crippen LogP contribution in [0.4, 0.5) is 0 Å². The summed E-state index contributed by atoms with van der Waals surface area (Å²) in [5, 5.41) is 10.7. The van der Waals surface area contributed by atoms with Crippen molar-refractivity contribution in [1.82, 2.24) is 0 Å². The van der Waals surface area contributed by atoms with Crippen molar-refractivity contribution in [3.8, 4) is 34.1 Å². The molecule has 6 heteroatoms. The van der Waals surface area contributed by atoms with E-state index in [0.717, 1.165) is 11.1 Å². The maximum absolute atomic E-state index is 12.2.